The summed E-state index contributed by atoms with van der Waals surface area (Å²) in [5.41, 5.74) is 4.16. The first-order valence-corrected chi connectivity index (χ1v) is 8.91. The quantitative estimate of drug-likeness (QED) is 0.445. The van der Waals surface area contributed by atoms with E-state index in [1.807, 2.05) is 90.3 Å². The molecule has 1 aromatic heterocycles. The van der Waals surface area contributed by atoms with Crippen LogP contribution >= 0.6 is 11.3 Å². The number of ketones is 1. The van der Waals surface area contributed by atoms with Crippen molar-refractivity contribution in [3.05, 3.63) is 101 Å². The molecule has 0 saturated carbocycles. The van der Waals surface area contributed by atoms with Crippen LogP contribution in [0.5, 0.6) is 0 Å². The first-order chi connectivity index (χ1) is 12.3. The number of carbonyl (C=O) groups is 1. The Balaban J connectivity index is 1.75. The van der Waals surface area contributed by atoms with Crippen molar-refractivity contribution in [2.45, 2.75) is 0 Å². The van der Waals surface area contributed by atoms with Crippen LogP contribution in [-0.2, 0) is 0 Å². The third-order valence-corrected chi connectivity index (χ3v) is 4.90. The van der Waals surface area contributed by atoms with Crippen LogP contribution in [0, 0.1) is 0 Å². The third-order valence-electron chi connectivity index (χ3n) is 4.01. The van der Waals surface area contributed by atoms with E-state index in [4.69, 9.17) is 4.98 Å². The zero-order valence-electron chi connectivity index (χ0n) is 13.4. The average molecular weight is 341 g/mol. The highest BCUT2D eigenvalue weighted by Crippen LogP contribution is 2.31. The van der Waals surface area contributed by atoms with Crippen molar-refractivity contribution >= 4 is 17.1 Å². The van der Waals surface area contributed by atoms with Gasteiger partial charge >= 0.3 is 0 Å². The Bertz CT molecular complexity index is 1010. The number of rotatable bonds is 4. The summed E-state index contributed by atoms with van der Waals surface area (Å²) in [4.78, 5) is 17.6. The molecule has 120 valence electrons. The van der Waals surface area contributed by atoms with E-state index in [-0.39, 0.29) is 5.78 Å². The molecule has 0 spiro atoms. The molecule has 4 rings (SSSR count). The summed E-state index contributed by atoms with van der Waals surface area (Å²) in [6.07, 6.45) is 0. The average Bonchev–Trinajstić information content (AvgIpc) is 3.19. The van der Waals surface area contributed by atoms with E-state index in [1.165, 1.54) is 0 Å². The molecule has 4 aromatic rings. The zero-order valence-corrected chi connectivity index (χ0v) is 14.2. The van der Waals surface area contributed by atoms with Gasteiger partial charge in [-0.05, 0) is 0 Å². The second kappa shape index (κ2) is 6.83. The minimum atomic E-state index is 0.0189. The van der Waals surface area contributed by atoms with Gasteiger partial charge in [-0.25, -0.2) is 4.98 Å². The van der Waals surface area contributed by atoms with Crippen molar-refractivity contribution in [2.75, 3.05) is 0 Å². The number of carbonyl (C=O) groups excluding carboxylic acids is 1. The number of hydrogen-bond donors (Lipinski definition) is 0. The monoisotopic (exact) mass is 341 g/mol. The molecule has 1 heterocycles. The molecule has 25 heavy (non-hydrogen) atoms. The molecular weight excluding hydrogens is 326 g/mol. The lowest BCUT2D eigenvalue weighted by Gasteiger charge is -2.06. The fourth-order valence-electron chi connectivity index (χ4n) is 2.76. The second-order valence-corrected chi connectivity index (χ2v) is 6.50. The smallest absolute Gasteiger partial charge is 0.193 e. The predicted octanol–water partition coefficient (Wildman–Crippen LogP) is 5.71. The topological polar surface area (TPSA) is 30.0 Å². The van der Waals surface area contributed by atoms with Gasteiger partial charge < -0.3 is 0 Å². The van der Waals surface area contributed by atoms with Crippen LogP contribution in [0.25, 0.3) is 21.8 Å². The molecule has 0 aliphatic heterocycles. The molecule has 0 fully saturated rings. The second-order valence-electron chi connectivity index (χ2n) is 5.64. The Kier molecular flexibility index (Phi) is 4.23. The Labute approximate surface area is 150 Å². The molecule has 0 radical (unpaired) electrons. The van der Waals surface area contributed by atoms with Crippen molar-refractivity contribution < 1.29 is 4.79 Å². The SMILES string of the molecule is O=C(c1ccccc1)c1ccccc1-c1csc(-c2ccccc2)n1. The lowest BCUT2D eigenvalue weighted by molar-refractivity contribution is 0.103. The number of nitrogens with zero attached hydrogens (tertiary/aromatic N) is 1. The van der Waals surface area contributed by atoms with E-state index in [0.717, 1.165) is 21.8 Å². The first-order valence-electron chi connectivity index (χ1n) is 8.03. The van der Waals surface area contributed by atoms with Gasteiger partial charge in [-0.15, -0.1) is 11.3 Å². The van der Waals surface area contributed by atoms with E-state index < -0.39 is 0 Å². The lowest BCUT2D eigenvalue weighted by Crippen LogP contribution is -2.03. The number of aromatic nitrogens is 1. The van der Waals surface area contributed by atoms with Crippen LogP contribution in [0.4, 0.5) is 0 Å². The normalized spacial score (nSPS) is 10.6. The number of benzene rings is 3. The molecular formula is C22H15NOS. The maximum Gasteiger partial charge on any atom is 0.193 e. The molecule has 0 saturated heterocycles. The maximum atomic E-state index is 12.9. The molecule has 0 atom stereocenters. The van der Waals surface area contributed by atoms with E-state index >= 15 is 0 Å². The van der Waals surface area contributed by atoms with Gasteiger partial charge in [0, 0.05) is 27.6 Å². The summed E-state index contributed by atoms with van der Waals surface area (Å²) in [7, 11) is 0. The summed E-state index contributed by atoms with van der Waals surface area (Å²) in [6.45, 7) is 0. The Morgan fingerprint density at radius 1 is 0.760 bits per heavy atom. The van der Waals surface area contributed by atoms with E-state index in [1.54, 1.807) is 11.3 Å². The van der Waals surface area contributed by atoms with Gasteiger partial charge in [-0.1, -0.05) is 84.9 Å². The third kappa shape index (κ3) is 3.14. The number of hydrogen-bond acceptors (Lipinski definition) is 3. The standard InChI is InChI=1S/C22H15NOS/c24-21(16-9-3-1-4-10-16)19-14-8-7-13-18(19)20-15-25-22(23-20)17-11-5-2-6-12-17/h1-15H. The zero-order chi connectivity index (χ0) is 17.1. The van der Waals surface area contributed by atoms with E-state index in [9.17, 15) is 4.79 Å². The summed E-state index contributed by atoms with van der Waals surface area (Å²) < 4.78 is 0. The molecule has 0 bridgehead atoms. The van der Waals surface area contributed by atoms with Crippen molar-refractivity contribution in [1.29, 1.82) is 0 Å². The first kappa shape index (κ1) is 15.5. The summed E-state index contributed by atoms with van der Waals surface area (Å²) in [5.74, 6) is 0.0189. The summed E-state index contributed by atoms with van der Waals surface area (Å²) >= 11 is 1.59. The molecule has 2 nitrogen and oxygen atoms in total. The molecule has 0 N–H and O–H groups in total. The fraction of sp³-hybridized carbons (Fsp3) is 0. The van der Waals surface area contributed by atoms with Crippen molar-refractivity contribution in [3.8, 4) is 21.8 Å². The van der Waals surface area contributed by atoms with Crippen LogP contribution in [-0.4, -0.2) is 10.8 Å². The molecule has 3 aromatic carbocycles. The Hall–Kier alpha value is -3.04. The fourth-order valence-corrected chi connectivity index (χ4v) is 3.59. The van der Waals surface area contributed by atoms with Crippen LogP contribution < -0.4 is 0 Å². The van der Waals surface area contributed by atoms with Crippen molar-refractivity contribution in [3.63, 3.8) is 0 Å². The highest BCUT2D eigenvalue weighted by Gasteiger charge is 2.16. The molecule has 0 aliphatic rings. The molecule has 3 heteroatoms. The van der Waals surface area contributed by atoms with Gasteiger partial charge in [-0.2, -0.15) is 0 Å². The van der Waals surface area contributed by atoms with Gasteiger partial charge in [0.2, 0.25) is 0 Å². The molecule has 0 aliphatic carbocycles. The van der Waals surface area contributed by atoms with Crippen molar-refractivity contribution in [2.24, 2.45) is 0 Å². The minimum Gasteiger partial charge on any atom is -0.289 e. The predicted molar refractivity (Wildman–Crippen MR) is 103 cm³/mol. The van der Waals surface area contributed by atoms with E-state index in [0.29, 0.717) is 11.1 Å². The van der Waals surface area contributed by atoms with Gasteiger partial charge in [-0.3, -0.25) is 4.79 Å². The van der Waals surface area contributed by atoms with Crippen LogP contribution in [0.2, 0.25) is 0 Å². The number of thiazole rings is 1. The minimum absolute atomic E-state index is 0.0189. The van der Waals surface area contributed by atoms with Crippen molar-refractivity contribution in [1.82, 2.24) is 4.98 Å². The lowest BCUT2D eigenvalue weighted by atomic mass is 9.97. The summed E-state index contributed by atoms with van der Waals surface area (Å²) in [6, 6.07) is 27.1. The van der Waals surface area contributed by atoms with Gasteiger partial charge in [0.05, 0.1) is 5.69 Å². The van der Waals surface area contributed by atoms with Gasteiger partial charge in [0.1, 0.15) is 5.01 Å². The van der Waals surface area contributed by atoms with Crippen LogP contribution in [0.1, 0.15) is 15.9 Å². The highest BCUT2D eigenvalue weighted by molar-refractivity contribution is 7.13. The molecule has 0 amide bonds. The van der Waals surface area contributed by atoms with Gasteiger partial charge in [0.15, 0.2) is 5.78 Å². The molecule has 0 unspecified atom stereocenters. The van der Waals surface area contributed by atoms with E-state index in [2.05, 4.69) is 0 Å². The van der Waals surface area contributed by atoms with Gasteiger partial charge in [0.25, 0.3) is 0 Å². The Morgan fingerprint density at radius 3 is 2.16 bits per heavy atom. The van der Waals surface area contributed by atoms with Crippen LogP contribution in [0.15, 0.2) is 90.3 Å². The highest BCUT2D eigenvalue weighted by atomic mass is 32.1. The van der Waals surface area contributed by atoms with Crippen LogP contribution in [0.3, 0.4) is 0 Å². The Morgan fingerprint density at radius 2 is 1.40 bits per heavy atom. The largest absolute Gasteiger partial charge is 0.289 e. The summed E-state index contributed by atoms with van der Waals surface area (Å²) in [5, 5.41) is 2.97. The maximum absolute atomic E-state index is 12.9.